The first kappa shape index (κ1) is 20.1. The van der Waals surface area contributed by atoms with Crippen molar-refractivity contribution in [2.45, 2.75) is 20.4 Å². The average molecular weight is 392 g/mol. The number of furan rings is 1. The van der Waals surface area contributed by atoms with Crippen molar-refractivity contribution in [2.24, 2.45) is 0 Å². The number of hydrogen-bond acceptors (Lipinski definition) is 5. The first-order chi connectivity index (χ1) is 14.1. The molecule has 3 rings (SSSR count). The maximum absolute atomic E-state index is 12.6. The van der Waals surface area contributed by atoms with Gasteiger partial charge in [0.1, 0.15) is 11.5 Å². The van der Waals surface area contributed by atoms with Gasteiger partial charge in [-0.2, -0.15) is 0 Å². The number of rotatable bonds is 8. The minimum atomic E-state index is -0.375. The van der Waals surface area contributed by atoms with Crippen LogP contribution in [0.15, 0.2) is 65.4 Å². The van der Waals surface area contributed by atoms with E-state index in [1.165, 1.54) is 12.3 Å². The number of pyridine rings is 1. The fourth-order valence-electron chi connectivity index (χ4n) is 2.91. The Hall–Kier alpha value is -3.61. The van der Waals surface area contributed by atoms with Gasteiger partial charge in [-0.1, -0.05) is 0 Å². The SMILES string of the molecule is CCN(CC)c1ccc(NC(=O)c2ccnc(C(=O)NCc3ccco3)c2)cc1. The summed E-state index contributed by atoms with van der Waals surface area (Å²) in [6.07, 6.45) is 2.99. The molecule has 0 bridgehead atoms. The summed E-state index contributed by atoms with van der Waals surface area (Å²) < 4.78 is 5.18. The molecule has 7 nitrogen and oxygen atoms in total. The van der Waals surface area contributed by atoms with E-state index >= 15 is 0 Å². The fraction of sp³-hybridized carbons (Fsp3) is 0.227. The van der Waals surface area contributed by atoms with E-state index in [-0.39, 0.29) is 24.1 Å². The molecule has 1 aromatic carbocycles. The number of amides is 2. The predicted octanol–water partition coefficient (Wildman–Crippen LogP) is 3.70. The first-order valence-electron chi connectivity index (χ1n) is 9.53. The van der Waals surface area contributed by atoms with E-state index in [0.29, 0.717) is 17.0 Å². The molecule has 3 aromatic rings. The summed E-state index contributed by atoms with van der Waals surface area (Å²) in [4.78, 5) is 31.1. The molecule has 0 fully saturated rings. The Balaban J connectivity index is 1.63. The van der Waals surface area contributed by atoms with E-state index < -0.39 is 0 Å². The third-order valence-corrected chi connectivity index (χ3v) is 4.51. The van der Waals surface area contributed by atoms with Gasteiger partial charge < -0.3 is 20.0 Å². The summed E-state index contributed by atoms with van der Waals surface area (Å²) in [5, 5.41) is 5.56. The van der Waals surface area contributed by atoms with Crippen molar-refractivity contribution in [1.82, 2.24) is 10.3 Å². The number of carbonyl (C=O) groups excluding carboxylic acids is 2. The zero-order valence-corrected chi connectivity index (χ0v) is 16.5. The zero-order valence-electron chi connectivity index (χ0n) is 16.5. The molecule has 2 aromatic heterocycles. The molecule has 0 aliphatic rings. The molecular weight excluding hydrogens is 368 g/mol. The molecule has 0 aliphatic heterocycles. The van der Waals surface area contributed by atoms with Crippen LogP contribution < -0.4 is 15.5 Å². The lowest BCUT2D eigenvalue weighted by Gasteiger charge is -2.21. The molecule has 2 heterocycles. The van der Waals surface area contributed by atoms with Crippen LogP contribution in [0.2, 0.25) is 0 Å². The van der Waals surface area contributed by atoms with Crippen LogP contribution in [0.25, 0.3) is 0 Å². The largest absolute Gasteiger partial charge is 0.467 e. The lowest BCUT2D eigenvalue weighted by molar-refractivity contribution is 0.0943. The van der Waals surface area contributed by atoms with Crippen molar-refractivity contribution >= 4 is 23.2 Å². The van der Waals surface area contributed by atoms with Crippen LogP contribution in [0.4, 0.5) is 11.4 Å². The zero-order chi connectivity index (χ0) is 20.6. The van der Waals surface area contributed by atoms with Crippen molar-refractivity contribution in [2.75, 3.05) is 23.3 Å². The summed E-state index contributed by atoms with van der Waals surface area (Å²) >= 11 is 0. The molecule has 0 atom stereocenters. The highest BCUT2D eigenvalue weighted by molar-refractivity contribution is 6.05. The Morgan fingerprint density at radius 1 is 1.03 bits per heavy atom. The van der Waals surface area contributed by atoms with Crippen LogP contribution in [0.1, 0.15) is 40.5 Å². The number of nitrogens with zero attached hydrogens (tertiary/aromatic N) is 2. The Kier molecular flexibility index (Phi) is 6.63. The minimum absolute atomic E-state index is 0.168. The second-order valence-corrected chi connectivity index (χ2v) is 6.37. The van der Waals surface area contributed by atoms with Crippen LogP contribution >= 0.6 is 0 Å². The van der Waals surface area contributed by atoms with Gasteiger partial charge >= 0.3 is 0 Å². The maximum atomic E-state index is 12.6. The summed E-state index contributed by atoms with van der Waals surface area (Å²) in [7, 11) is 0. The summed E-state index contributed by atoms with van der Waals surface area (Å²) in [6, 6.07) is 14.2. The standard InChI is InChI=1S/C22H24N4O3/c1-3-26(4-2)18-9-7-17(8-10-18)25-21(27)16-11-12-23-20(14-16)22(28)24-15-19-6-5-13-29-19/h5-14H,3-4,15H2,1-2H3,(H,24,28)(H,25,27). The topological polar surface area (TPSA) is 87.5 Å². The first-order valence-corrected chi connectivity index (χ1v) is 9.53. The van der Waals surface area contributed by atoms with Gasteiger partial charge in [-0.25, -0.2) is 0 Å². The number of anilines is 2. The predicted molar refractivity (Wildman–Crippen MR) is 112 cm³/mol. The van der Waals surface area contributed by atoms with E-state index in [4.69, 9.17) is 4.42 Å². The molecule has 0 radical (unpaired) electrons. The van der Waals surface area contributed by atoms with Crippen molar-refractivity contribution < 1.29 is 14.0 Å². The highest BCUT2D eigenvalue weighted by Gasteiger charge is 2.13. The van der Waals surface area contributed by atoms with E-state index in [1.807, 2.05) is 24.3 Å². The molecule has 7 heteroatoms. The fourth-order valence-corrected chi connectivity index (χ4v) is 2.91. The van der Waals surface area contributed by atoms with Crippen molar-refractivity contribution in [1.29, 1.82) is 0 Å². The number of carbonyl (C=O) groups is 2. The van der Waals surface area contributed by atoms with Crippen LogP contribution in [-0.4, -0.2) is 29.9 Å². The molecule has 0 saturated heterocycles. The average Bonchev–Trinajstić information content (AvgIpc) is 3.28. The Labute approximate surface area is 169 Å². The van der Waals surface area contributed by atoms with Gasteiger partial charge in [0.2, 0.25) is 0 Å². The summed E-state index contributed by atoms with van der Waals surface area (Å²) in [5.41, 5.74) is 2.32. The molecule has 2 N–H and O–H groups in total. The van der Waals surface area contributed by atoms with Crippen LogP contribution in [-0.2, 0) is 6.54 Å². The van der Waals surface area contributed by atoms with Gasteiger partial charge in [-0.15, -0.1) is 0 Å². The molecule has 2 amide bonds. The monoisotopic (exact) mass is 392 g/mol. The third-order valence-electron chi connectivity index (χ3n) is 4.51. The summed E-state index contributed by atoms with van der Waals surface area (Å²) in [5.74, 6) is -0.0388. The van der Waals surface area contributed by atoms with Gasteiger partial charge in [0.15, 0.2) is 0 Å². The minimum Gasteiger partial charge on any atom is -0.467 e. The Morgan fingerprint density at radius 2 is 1.79 bits per heavy atom. The highest BCUT2D eigenvalue weighted by Crippen LogP contribution is 2.18. The molecule has 0 saturated carbocycles. The van der Waals surface area contributed by atoms with Crippen LogP contribution in [0, 0.1) is 0 Å². The van der Waals surface area contributed by atoms with Gasteiger partial charge in [-0.05, 0) is 62.4 Å². The van der Waals surface area contributed by atoms with Crippen LogP contribution in [0.3, 0.4) is 0 Å². The van der Waals surface area contributed by atoms with E-state index in [0.717, 1.165) is 18.8 Å². The van der Waals surface area contributed by atoms with Crippen LogP contribution in [0.5, 0.6) is 0 Å². The normalized spacial score (nSPS) is 10.4. The third kappa shape index (κ3) is 5.22. The number of hydrogen-bond donors (Lipinski definition) is 2. The van der Waals surface area contributed by atoms with Gasteiger partial charge in [-0.3, -0.25) is 14.6 Å². The maximum Gasteiger partial charge on any atom is 0.270 e. The van der Waals surface area contributed by atoms with Gasteiger partial charge in [0.25, 0.3) is 11.8 Å². The van der Waals surface area contributed by atoms with Gasteiger partial charge in [0, 0.05) is 36.2 Å². The second kappa shape index (κ2) is 9.54. The molecule has 0 unspecified atom stereocenters. The number of benzene rings is 1. The van der Waals surface area contributed by atoms with Crippen molar-refractivity contribution in [3.63, 3.8) is 0 Å². The smallest absolute Gasteiger partial charge is 0.270 e. The second-order valence-electron chi connectivity index (χ2n) is 6.37. The Bertz CT molecular complexity index is 948. The molecule has 29 heavy (non-hydrogen) atoms. The van der Waals surface area contributed by atoms with Crippen molar-refractivity contribution in [3.05, 3.63) is 78.0 Å². The molecule has 0 aliphatic carbocycles. The lowest BCUT2D eigenvalue weighted by Crippen LogP contribution is -2.24. The quantitative estimate of drug-likeness (QED) is 0.610. The van der Waals surface area contributed by atoms with E-state index in [9.17, 15) is 9.59 Å². The van der Waals surface area contributed by atoms with Gasteiger partial charge in [0.05, 0.1) is 12.8 Å². The van der Waals surface area contributed by atoms with E-state index in [1.54, 1.807) is 24.5 Å². The summed E-state index contributed by atoms with van der Waals surface area (Å²) in [6.45, 7) is 6.30. The van der Waals surface area contributed by atoms with Crippen molar-refractivity contribution in [3.8, 4) is 0 Å². The number of aromatic nitrogens is 1. The molecule has 150 valence electrons. The lowest BCUT2D eigenvalue weighted by atomic mass is 10.2. The molecular formula is C22H24N4O3. The Morgan fingerprint density at radius 3 is 2.45 bits per heavy atom. The van der Waals surface area contributed by atoms with E-state index in [2.05, 4.69) is 34.4 Å². The highest BCUT2D eigenvalue weighted by atomic mass is 16.3. The molecule has 0 spiro atoms. The number of nitrogens with one attached hydrogen (secondary N) is 2.